The Morgan fingerprint density at radius 1 is 1.16 bits per heavy atom. The van der Waals surface area contributed by atoms with E-state index in [4.69, 9.17) is 9.26 Å². The summed E-state index contributed by atoms with van der Waals surface area (Å²) in [5, 5.41) is 16.4. The van der Waals surface area contributed by atoms with Gasteiger partial charge in [-0.1, -0.05) is 35.5 Å². The number of esters is 1. The Morgan fingerprint density at radius 2 is 1.84 bits per heavy atom. The Labute approximate surface area is 181 Å². The van der Waals surface area contributed by atoms with E-state index in [0.717, 1.165) is 0 Å². The number of aryl methyl sites for hydroxylation is 1. The zero-order valence-electron chi connectivity index (χ0n) is 16.7. The summed E-state index contributed by atoms with van der Waals surface area (Å²) >= 11 is 1.17. The fourth-order valence-electron chi connectivity index (χ4n) is 2.63. The van der Waals surface area contributed by atoms with Gasteiger partial charge >= 0.3 is 5.97 Å². The van der Waals surface area contributed by atoms with Gasteiger partial charge in [-0.25, -0.2) is 0 Å². The number of nitrogens with zero attached hydrogens (tertiary/aromatic N) is 2. The number of nitro groups is 1. The first-order valence-corrected chi connectivity index (χ1v) is 10.1. The minimum Gasteiger partial charge on any atom is -0.446 e. The van der Waals surface area contributed by atoms with Crippen molar-refractivity contribution in [1.29, 1.82) is 0 Å². The van der Waals surface area contributed by atoms with Gasteiger partial charge in [0.1, 0.15) is 11.0 Å². The fourth-order valence-corrected chi connectivity index (χ4v) is 3.48. The summed E-state index contributed by atoms with van der Waals surface area (Å²) in [7, 11) is 0. The molecule has 1 amide bonds. The molecule has 0 saturated carbocycles. The quantitative estimate of drug-likeness (QED) is 0.237. The number of nitro benzene ring substituents is 1. The average molecular weight is 441 g/mol. The van der Waals surface area contributed by atoms with Gasteiger partial charge in [0.15, 0.2) is 5.82 Å². The van der Waals surface area contributed by atoms with E-state index in [0.29, 0.717) is 16.2 Å². The molecule has 1 aromatic heterocycles. The van der Waals surface area contributed by atoms with E-state index in [1.54, 1.807) is 62.4 Å². The van der Waals surface area contributed by atoms with Crippen LogP contribution in [0.25, 0.3) is 0 Å². The number of nitrogens with one attached hydrogen (secondary N) is 1. The molecule has 160 valence electrons. The molecule has 0 bridgehead atoms. The van der Waals surface area contributed by atoms with Crippen LogP contribution in [0, 0.1) is 17.0 Å². The Hall–Kier alpha value is -3.66. The molecule has 31 heavy (non-hydrogen) atoms. The summed E-state index contributed by atoms with van der Waals surface area (Å²) in [5.74, 6) is -0.437. The van der Waals surface area contributed by atoms with Crippen LogP contribution in [-0.4, -0.2) is 27.2 Å². The first kappa shape index (κ1) is 22.0. The van der Waals surface area contributed by atoms with E-state index in [1.807, 2.05) is 0 Å². The predicted molar refractivity (Wildman–Crippen MR) is 114 cm³/mol. The first-order chi connectivity index (χ1) is 14.8. The molecule has 2 aromatic carbocycles. The van der Waals surface area contributed by atoms with Gasteiger partial charge in [0.2, 0.25) is 6.10 Å². The van der Waals surface area contributed by atoms with E-state index in [-0.39, 0.29) is 11.5 Å². The van der Waals surface area contributed by atoms with Crippen LogP contribution in [0.2, 0.25) is 0 Å². The maximum atomic E-state index is 12.8. The molecule has 0 aliphatic carbocycles. The van der Waals surface area contributed by atoms with Gasteiger partial charge in [0.25, 0.3) is 11.6 Å². The van der Waals surface area contributed by atoms with Crippen LogP contribution in [0.15, 0.2) is 70.1 Å². The molecule has 0 spiro atoms. The monoisotopic (exact) mass is 441 g/mol. The highest BCUT2D eigenvalue weighted by atomic mass is 32.2. The number of thioether (sulfide) groups is 1. The van der Waals surface area contributed by atoms with E-state index in [2.05, 4.69) is 10.5 Å². The molecule has 2 atom stereocenters. The van der Waals surface area contributed by atoms with Crippen molar-refractivity contribution in [3.63, 3.8) is 0 Å². The van der Waals surface area contributed by atoms with Crippen LogP contribution < -0.4 is 5.32 Å². The SMILES string of the molecule is Cc1cc(NC(=O)C(OC(=O)C(C)Sc2ccc([N+](=O)[O-])cc2)c2ccccc2)no1. The smallest absolute Gasteiger partial charge is 0.320 e. The molecule has 1 heterocycles. The van der Waals surface area contributed by atoms with Crippen molar-refractivity contribution in [3.05, 3.63) is 82.1 Å². The molecule has 0 aliphatic heterocycles. The lowest BCUT2D eigenvalue weighted by Gasteiger charge is -2.19. The van der Waals surface area contributed by atoms with Crippen LogP contribution in [0.3, 0.4) is 0 Å². The highest BCUT2D eigenvalue weighted by molar-refractivity contribution is 8.00. The molecule has 9 nitrogen and oxygen atoms in total. The van der Waals surface area contributed by atoms with E-state index in [9.17, 15) is 19.7 Å². The summed E-state index contributed by atoms with van der Waals surface area (Å²) in [6.07, 6.45) is -1.19. The lowest BCUT2D eigenvalue weighted by molar-refractivity contribution is -0.384. The maximum Gasteiger partial charge on any atom is 0.320 e. The topological polar surface area (TPSA) is 125 Å². The van der Waals surface area contributed by atoms with Crippen LogP contribution in [0.1, 0.15) is 24.4 Å². The molecule has 0 aliphatic rings. The molecule has 0 saturated heterocycles. The molecule has 3 aromatic rings. The number of aromatic nitrogens is 1. The predicted octanol–water partition coefficient (Wildman–Crippen LogP) is 4.30. The second kappa shape index (κ2) is 9.90. The Bertz CT molecular complexity index is 1070. The van der Waals surface area contributed by atoms with E-state index < -0.39 is 28.2 Å². The number of rotatable bonds is 8. The Morgan fingerprint density at radius 3 is 2.42 bits per heavy atom. The van der Waals surface area contributed by atoms with Gasteiger partial charge in [-0.2, -0.15) is 0 Å². The minimum absolute atomic E-state index is 0.0384. The van der Waals surface area contributed by atoms with E-state index >= 15 is 0 Å². The molecule has 3 rings (SSSR count). The second-order valence-electron chi connectivity index (χ2n) is 6.55. The Kier molecular flexibility index (Phi) is 7.03. The van der Waals surface area contributed by atoms with Crippen molar-refractivity contribution in [3.8, 4) is 0 Å². The van der Waals surface area contributed by atoms with Crippen molar-refractivity contribution in [2.75, 3.05) is 5.32 Å². The molecule has 0 radical (unpaired) electrons. The number of carbonyl (C=O) groups is 2. The van der Waals surface area contributed by atoms with Crippen LogP contribution >= 0.6 is 11.8 Å². The lowest BCUT2D eigenvalue weighted by atomic mass is 10.1. The minimum atomic E-state index is -1.19. The third-order valence-corrected chi connectivity index (χ3v) is 5.24. The molecule has 1 N–H and O–H groups in total. The molecular weight excluding hydrogens is 422 g/mol. The van der Waals surface area contributed by atoms with Gasteiger partial charge in [0.05, 0.1) is 4.92 Å². The first-order valence-electron chi connectivity index (χ1n) is 9.24. The zero-order chi connectivity index (χ0) is 22.4. The lowest BCUT2D eigenvalue weighted by Crippen LogP contribution is -2.28. The van der Waals surface area contributed by atoms with E-state index in [1.165, 1.54) is 23.9 Å². The van der Waals surface area contributed by atoms with Crippen LogP contribution in [0.4, 0.5) is 11.5 Å². The number of amides is 1. The van der Waals surface area contributed by atoms with Crippen LogP contribution in [-0.2, 0) is 14.3 Å². The summed E-state index contributed by atoms with van der Waals surface area (Å²) in [6.45, 7) is 3.32. The molecular formula is C21H19N3O6S. The van der Waals surface area contributed by atoms with Gasteiger partial charge in [-0.05, 0) is 26.0 Å². The third-order valence-electron chi connectivity index (χ3n) is 4.15. The number of carbonyl (C=O) groups excluding carboxylic acids is 2. The highest BCUT2D eigenvalue weighted by Gasteiger charge is 2.28. The molecule has 0 fully saturated rings. The molecule has 2 unspecified atom stereocenters. The van der Waals surface area contributed by atoms with Crippen molar-refractivity contribution < 1.29 is 23.8 Å². The standard InChI is InChI=1S/C21H19N3O6S/c1-13-12-18(23-30-13)22-20(25)19(15-6-4-3-5-7-15)29-21(26)14(2)31-17-10-8-16(9-11-17)24(27)28/h3-12,14,19H,1-2H3,(H,22,23,25). The Balaban J connectivity index is 1.71. The van der Waals surface area contributed by atoms with Gasteiger partial charge in [-0.3, -0.25) is 19.7 Å². The number of anilines is 1. The van der Waals surface area contributed by atoms with Gasteiger partial charge in [0, 0.05) is 28.7 Å². The van der Waals surface area contributed by atoms with Gasteiger partial charge in [-0.15, -0.1) is 11.8 Å². The fraction of sp³-hybridized carbons (Fsp3) is 0.190. The van der Waals surface area contributed by atoms with Crippen molar-refractivity contribution >= 4 is 35.1 Å². The summed E-state index contributed by atoms with van der Waals surface area (Å²) in [5.41, 5.74) is 0.463. The average Bonchev–Trinajstić information content (AvgIpc) is 3.17. The molecule has 10 heteroatoms. The number of hydrogen-bond acceptors (Lipinski definition) is 8. The largest absolute Gasteiger partial charge is 0.446 e. The van der Waals surface area contributed by atoms with Gasteiger partial charge < -0.3 is 14.6 Å². The highest BCUT2D eigenvalue weighted by Crippen LogP contribution is 2.28. The van der Waals surface area contributed by atoms with Crippen molar-refractivity contribution in [1.82, 2.24) is 5.16 Å². The third kappa shape index (κ3) is 5.92. The number of non-ortho nitro benzene ring substituents is 1. The van der Waals surface area contributed by atoms with Crippen molar-refractivity contribution in [2.24, 2.45) is 0 Å². The van der Waals surface area contributed by atoms with Crippen LogP contribution in [0.5, 0.6) is 0 Å². The second-order valence-corrected chi connectivity index (χ2v) is 7.96. The maximum absolute atomic E-state index is 12.8. The summed E-state index contributed by atoms with van der Waals surface area (Å²) in [6, 6.07) is 16.0. The summed E-state index contributed by atoms with van der Waals surface area (Å²) in [4.78, 5) is 36.4. The number of benzene rings is 2. The van der Waals surface area contributed by atoms with Crippen molar-refractivity contribution in [2.45, 2.75) is 30.1 Å². The zero-order valence-corrected chi connectivity index (χ0v) is 17.5. The number of hydrogen-bond donors (Lipinski definition) is 1. The summed E-state index contributed by atoms with van der Waals surface area (Å²) < 4.78 is 10.5. The number of ether oxygens (including phenoxy) is 1. The normalized spacial score (nSPS) is 12.6.